The summed E-state index contributed by atoms with van der Waals surface area (Å²) in [5.41, 5.74) is 0.866. The molecule has 0 bridgehead atoms. The average Bonchev–Trinajstić information content (AvgIpc) is 3.05. The molecule has 12 heteroatoms. The number of sulfonamides is 1. The Hall–Kier alpha value is -2.70. The maximum atomic E-state index is 14.1. The summed E-state index contributed by atoms with van der Waals surface area (Å²) in [4.78, 5) is 26.4. The molecule has 1 saturated carbocycles. The van der Waals surface area contributed by atoms with Crippen LogP contribution in [0.2, 0.25) is 5.02 Å². The van der Waals surface area contributed by atoms with Crippen LogP contribution in [0, 0.1) is 11.8 Å². The Morgan fingerprint density at radius 1 is 1.00 bits per heavy atom. The summed E-state index contributed by atoms with van der Waals surface area (Å²) in [6, 6.07) is 14.6. The van der Waals surface area contributed by atoms with Gasteiger partial charge in [-0.25, -0.2) is 13.2 Å². The molecular formula is C33H45ClN4O6S. The molecule has 45 heavy (non-hydrogen) atoms. The van der Waals surface area contributed by atoms with Crippen LogP contribution in [0.15, 0.2) is 59.5 Å². The molecule has 2 amide bonds. The summed E-state index contributed by atoms with van der Waals surface area (Å²) in [6.45, 7) is 2.72. The summed E-state index contributed by atoms with van der Waals surface area (Å²) < 4.78 is 34.3. The third kappa shape index (κ3) is 8.56. The van der Waals surface area contributed by atoms with Crippen molar-refractivity contribution in [2.24, 2.45) is 11.8 Å². The minimum atomic E-state index is -3.63. The number of halogens is 1. The van der Waals surface area contributed by atoms with Gasteiger partial charge in [-0.05, 0) is 80.2 Å². The zero-order valence-corrected chi connectivity index (χ0v) is 27.1. The van der Waals surface area contributed by atoms with Crippen molar-refractivity contribution in [1.82, 2.24) is 20.3 Å². The van der Waals surface area contributed by atoms with Gasteiger partial charge < -0.3 is 25.8 Å². The lowest BCUT2D eigenvalue weighted by Crippen LogP contribution is -2.56. The highest BCUT2D eigenvalue weighted by Gasteiger charge is 2.40. The Morgan fingerprint density at radius 3 is 2.42 bits per heavy atom. The van der Waals surface area contributed by atoms with Crippen molar-refractivity contribution in [3.8, 4) is 0 Å². The Labute approximate surface area is 271 Å². The van der Waals surface area contributed by atoms with Crippen molar-refractivity contribution in [3.05, 3.63) is 65.2 Å². The predicted octanol–water partition coefficient (Wildman–Crippen LogP) is 4.60. The Bertz CT molecular complexity index is 1370. The van der Waals surface area contributed by atoms with E-state index in [2.05, 4.69) is 16.0 Å². The van der Waals surface area contributed by atoms with E-state index in [0.717, 1.165) is 50.5 Å². The van der Waals surface area contributed by atoms with Crippen molar-refractivity contribution < 1.29 is 27.9 Å². The number of piperazine rings is 1. The van der Waals surface area contributed by atoms with Crippen LogP contribution in [0.3, 0.4) is 0 Å². The summed E-state index contributed by atoms with van der Waals surface area (Å²) in [6.07, 6.45) is 5.37. The molecule has 2 aromatic rings. The fourth-order valence-electron chi connectivity index (χ4n) is 7.40. The van der Waals surface area contributed by atoms with Crippen molar-refractivity contribution >= 4 is 33.6 Å². The second kappa shape index (κ2) is 15.7. The smallest absolute Gasteiger partial charge is 0.405 e. The molecule has 2 heterocycles. The molecule has 3 fully saturated rings. The highest BCUT2D eigenvalue weighted by molar-refractivity contribution is 7.89. The average molecular weight is 661 g/mol. The van der Waals surface area contributed by atoms with E-state index >= 15 is 0 Å². The highest BCUT2D eigenvalue weighted by Crippen LogP contribution is 2.37. The number of nitrogens with zero attached hydrogens (tertiary/aromatic N) is 1. The fraction of sp³-hybridized carbons (Fsp3) is 0.576. The van der Waals surface area contributed by atoms with Gasteiger partial charge in [0, 0.05) is 55.9 Å². The van der Waals surface area contributed by atoms with Gasteiger partial charge in [-0.15, -0.1) is 0 Å². The number of benzene rings is 2. The van der Waals surface area contributed by atoms with Crippen LogP contribution >= 0.6 is 11.6 Å². The minimum Gasteiger partial charge on any atom is -0.465 e. The topological polar surface area (TPSA) is 137 Å². The maximum absolute atomic E-state index is 14.1. The van der Waals surface area contributed by atoms with Gasteiger partial charge in [-0.2, -0.15) is 4.31 Å². The monoisotopic (exact) mass is 660 g/mol. The Morgan fingerprint density at radius 2 is 1.71 bits per heavy atom. The molecular weight excluding hydrogens is 616 g/mol. The summed E-state index contributed by atoms with van der Waals surface area (Å²) in [5.74, 6) is -0.489. The van der Waals surface area contributed by atoms with E-state index in [-0.39, 0.29) is 35.7 Å². The molecule has 1 aliphatic carbocycles. The molecule has 5 rings (SSSR count). The van der Waals surface area contributed by atoms with Gasteiger partial charge in [0.2, 0.25) is 15.9 Å². The Kier molecular flexibility index (Phi) is 11.8. The number of hydrogen-bond acceptors (Lipinski definition) is 6. The van der Waals surface area contributed by atoms with Crippen molar-refractivity contribution in [1.29, 1.82) is 0 Å². The molecule has 2 saturated heterocycles. The van der Waals surface area contributed by atoms with Crippen LogP contribution in [0.4, 0.5) is 4.79 Å². The fourth-order valence-corrected chi connectivity index (χ4v) is 9.20. The van der Waals surface area contributed by atoms with E-state index in [9.17, 15) is 23.1 Å². The summed E-state index contributed by atoms with van der Waals surface area (Å²) >= 11 is 6.17. The Balaban J connectivity index is 1.31. The maximum Gasteiger partial charge on any atom is 0.405 e. The molecule has 3 aliphatic rings. The van der Waals surface area contributed by atoms with Crippen LogP contribution in [0.5, 0.6) is 0 Å². The number of amides is 2. The van der Waals surface area contributed by atoms with Gasteiger partial charge in [-0.3, -0.25) is 4.79 Å². The van der Waals surface area contributed by atoms with Gasteiger partial charge in [0.15, 0.2) is 0 Å². The van der Waals surface area contributed by atoms with Crippen LogP contribution in [-0.2, 0) is 19.6 Å². The van der Waals surface area contributed by atoms with E-state index in [0.29, 0.717) is 49.2 Å². The first-order valence-corrected chi connectivity index (χ1v) is 18.0. The lowest BCUT2D eigenvalue weighted by Gasteiger charge is -2.39. The second-order valence-electron chi connectivity index (χ2n) is 12.5. The van der Waals surface area contributed by atoms with Crippen LogP contribution in [-0.4, -0.2) is 80.8 Å². The van der Waals surface area contributed by atoms with E-state index < -0.39 is 22.2 Å². The summed E-state index contributed by atoms with van der Waals surface area (Å²) in [7, 11) is -3.63. The van der Waals surface area contributed by atoms with E-state index in [1.807, 2.05) is 18.2 Å². The number of ether oxygens (including phenoxy) is 1. The quantitative estimate of drug-likeness (QED) is 0.276. The van der Waals surface area contributed by atoms with Gasteiger partial charge in [0.25, 0.3) is 0 Å². The van der Waals surface area contributed by atoms with Crippen molar-refractivity contribution in [2.45, 2.75) is 80.3 Å². The number of carbonyl (C=O) groups is 2. The van der Waals surface area contributed by atoms with Gasteiger partial charge in [0.05, 0.1) is 4.90 Å². The third-order valence-electron chi connectivity index (χ3n) is 9.70. The van der Waals surface area contributed by atoms with Crippen molar-refractivity contribution in [2.75, 3.05) is 32.8 Å². The molecule has 0 aromatic heterocycles. The molecule has 246 valence electrons. The zero-order valence-electron chi connectivity index (χ0n) is 25.6. The lowest BCUT2D eigenvalue weighted by molar-refractivity contribution is -0.125. The van der Waals surface area contributed by atoms with E-state index in [1.165, 1.54) is 0 Å². The molecule has 2 aromatic carbocycles. The molecule has 10 nitrogen and oxygen atoms in total. The van der Waals surface area contributed by atoms with Gasteiger partial charge in [-0.1, -0.05) is 54.8 Å². The zero-order chi connectivity index (χ0) is 31.8. The third-order valence-corrected chi connectivity index (χ3v) is 11.9. The first kappa shape index (κ1) is 33.7. The predicted molar refractivity (Wildman–Crippen MR) is 173 cm³/mol. The van der Waals surface area contributed by atoms with Gasteiger partial charge >= 0.3 is 6.09 Å². The van der Waals surface area contributed by atoms with E-state index in [1.54, 1.807) is 40.7 Å². The molecule has 5 atom stereocenters. The lowest BCUT2D eigenvalue weighted by atomic mass is 9.76. The first-order valence-electron chi connectivity index (χ1n) is 16.1. The number of nitrogens with one attached hydrogen (secondary N) is 3. The van der Waals surface area contributed by atoms with Crippen LogP contribution < -0.4 is 16.0 Å². The summed E-state index contributed by atoms with van der Waals surface area (Å²) in [5, 5.41) is 19.6. The second-order valence-corrected chi connectivity index (χ2v) is 14.8. The minimum absolute atomic E-state index is 0.0565. The molecule has 2 aliphatic heterocycles. The number of rotatable bonds is 11. The number of hydrogen-bond donors (Lipinski definition) is 4. The molecule has 4 N–H and O–H groups in total. The molecule has 0 radical (unpaired) electrons. The first-order chi connectivity index (χ1) is 21.7. The van der Waals surface area contributed by atoms with Crippen LogP contribution in [0.25, 0.3) is 0 Å². The SMILES string of the molecule is O=C(O)N[C@H](C(=O)N[C@H]1CCCC[C@@H]1CCC1CNCCN1S(=O)(=O)c1ccccc1)[C@@H](c1ccc(Cl)cc1)C1CCOCC1. The highest BCUT2D eigenvalue weighted by atomic mass is 35.5. The molecule has 0 spiro atoms. The van der Waals surface area contributed by atoms with E-state index in [4.69, 9.17) is 16.3 Å². The molecule has 1 unspecified atom stereocenters. The normalized spacial score (nSPS) is 24.8. The van der Waals surface area contributed by atoms with Crippen LogP contribution in [0.1, 0.15) is 62.8 Å². The number of carboxylic acid groups (broad SMARTS) is 1. The number of carbonyl (C=O) groups excluding carboxylic acids is 1. The van der Waals surface area contributed by atoms with Gasteiger partial charge in [0.1, 0.15) is 6.04 Å². The van der Waals surface area contributed by atoms with Crippen molar-refractivity contribution in [3.63, 3.8) is 0 Å². The standard InChI is InChI=1S/C33H45ClN4O6S/c34-26-13-10-24(11-14-26)30(25-16-20-44-21-17-25)31(37-33(40)41)32(39)36-29-9-5-4-6-23(29)12-15-27-22-35-18-19-38(27)45(42,43)28-7-2-1-3-8-28/h1-3,7-8,10-11,13-14,23,25,27,29-31,35,37H,4-6,9,12,15-22H2,(H,36,39)(H,40,41)/t23-,27?,29+,30+,31+/m1/s1. The largest absolute Gasteiger partial charge is 0.465 e.